The number of amides is 2. The minimum absolute atomic E-state index is 0.00958. The molecule has 4 rings (SSSR count). The molecular formula is C25H34N2O6SSeSi. The summed E-state index contributed by atoms with van der Waals surface area (Å²) < 4.78 is 18.6. The first-order valence-electron chi connectivity index (χ1n) is 12.0. The van der Waals surface area contributed by atoms with Crippen LogP contribution in [0.25, 0.3) is 0 Å². The molecule has 0 aliphatic carbocycles. The van der Waals surface area contributed by atoms with Crippen molar-refractivity contribution in [2.45, 2.75) is 47.5 Å². The van der Waals surface area contributed by atoms with E-state index >= 15 is 0 Å². The van der Waals surface area contributed by atoms with Crippen molar-refractivity contribution in [1.29, 1.82) is 0 Å². The first-order chi connectivity index (χ1) is 17.1. The van der Waals surface area contributed by atoms with Crippen LogP contribution in [-0.4, -0.2) is 107 Å². The SMILES string of the molecule is COCO[C@H]1C([Se]c2ccccc2)COC=C2C(=O)[C@@]3(SCC[Si](C)(C)C)C(=O)N(C)CC(=O)N3[C@@H]21. The van der Waals surface area contributed by atoms with Gasteiger partial charge in [0.15, 0.2) is 0 Å². The second kappa shape index (κ2) is 11.0. The van der Waals surface area contributed by atoms with Gasteiger partial charge in [-0.25, -0.2) is 0 Å². The van der Waals surface area contributed by atoms with E-state index in [1.54, 1.807) is 14.2 Å². The van der Waals surface area contributed by atoms with Gasteiger partial charge in [-0.15, -0.1) is 0 Å². The zero-order valence-electron chi connectivity index (χ0n) is 21.4. The summed E-state index contributed by atoms with van der Waals surface area (Å²) in [6.07, 6.45) is 0.916. The molecule has 0 N–H and O–H groups in total. The fourth-order valence-electron chi connectivity index (χ4n) is 4.71. The van der Waals surface area contributed by atoms with Crippen molar-refractivity contribution in [3.63, 3.8) is 0 Å². The first kappa shape index (κ1) is 27.4. The van der Waals surface area contributed by atoms with Crippen LogP contribution in [0.1, 0.15) is 0 Å². The fourth-order valence-corrected chi connectivity index (χ4v) is 11.2. The third-order valence-electron chi connectivity index (χ3n) is 6.50. The number of likely N-dealkylation sites (N-methyl/N-ethyl adjacent to an activating group) is 1. The molecule has 196 valence electrons. The predicted molar refractivity (Wildman–Crippen MR) is 143 cm³/mol. The minimum atomic E-state index is -1.63. The van der Waals surface area contributed by atoms with Gasteiger partial charge in [0.2, 0.25) is 0 Å². The maximum absolute atomic E-state index is 14.1. The van der Waals surface area contributed by atoms with Gasteiger partial charge in [0.05, 0.1) is 0 Å². The molecule has 2 fully saturated rings. The molecule has 0 radical (unpaired) electrons. The molecule has 11 heteroatoms. The van der Waals surface area contributed by atoms with Crippen LogP contribution in [0.3, 0.4) is 0 Å². The molecule has 0 saturated carbocycles. The summed E-state index contributed by atoms with van der Waals surface area (Å²) in [4.78, 5) is 42.6. The van der Waals surface area contributed by atoms with Crippen LogP contribution < -0.4 is 4.46 Å². The number of thioether (sulfide) groups is 1. The van der Waals surface area contributed by atoms with E-state index < -0.39 is 25.1 Å². The van der Waals surface area contributed by atoms with Gasteiger partial charge in [0, 0.05) is 0 Å². The van der Waals surface area contributed by atoms with Crippen LogP contribution in [0.2, 0.25) is 30.5 Å². The summed E-state index contributed by atoms with van der Waals surface area (Å²) in [5.74, 6) is -0.348. The number of rotatable bonds is 9. The van der Waals surface area contributed by atoms with Gasteiger partial charge in [-0.05, 0) is 0 Å². The number of carbonyl (C=O) groups is 3. The summed E-state index contributed by atoms with van der Waals surface area (Å²) in [5, 5.41) is 0. The maximum atomic E-state index is 14.1. The number of ether oxygens (including phenoxy) is 3. The van der Waals surface area contributed by atoms with Crippen molar-refractivity contribution in [3.8, 4) is 0 Å². The molecule has 1 aromatic rings. The number of ketones is 1. The van der Waals surface area contributed by atoms with Crippen LogP contribution in [-0.2, 0) is 28.6 Å². The predicted octanol–water partition coefficient (Wildman–Crippen LogP) is 1.73. The average Bonchev–Trinajstić information content (AvgIpc) is 2.95. The zero-order valence-corrected chi connectivity index (χ0v) is 24.9. The number of benzene rings is 1. The number of piperazine rings is 1. The van der Waals surface area contributed by atoms with E-state index in [0.29, 0.717) is 17.9 Å². The Labute approximate surface area is 224 Å². The summed E-state index contributed by atoms with van der Waals surface area (Å²) in [6, 6.07) is 10.3. The summed E-state index contributed by atoms with van der Waals surface area (Å²) in [5.41, 5.74) is 0.333. The van der Waals surface area contributed by atoms with Gasteiger partial charge in [0.25, 0.3) is 0 Å². The number of hydrogen-bond acceptors (Lipinski definition) is 7. The standard InChI is InChI=1S/C25H34N2O6SSeSi/c1-26-13-20(28)27-21-18(23(29)25(27,24(26)30)34-11-12-36(3,4)5)14-32-15-19(22(21)33-16-31-2)35-17-9-7-6-8-10-17/h6-10,14,19,21-22H,11-13,15-16H2,1-5H3/t19?,21-,22-,25+/m0/s1. The summed E-state index contributed by atoms with van der Waals surface area (Å²) >= 11 is 1.22. The van der Waals surface area contributed by atoms with Gasteiger partial charge in [-0.2, -0.15) is 0 Å². The van der Waals surface area contributed by atoms with Gasteiger partial charge < -0.3 is 0 Å². The van der Waals surface area contributed by atoms with Gasteiger partial charge in [-0.3, -0.25) is 0 Å². The van der Waals surface area contributed by atoms with Gasteiger partial charge in [0.1, 0.15) is 0 Å². The van der Waals surface area contributed by atoms with Crippen LogP contribution in [0, 0.1) is 0 Å². The molecule has 4 atom stereocenters. The molecule has 36 heavy (non-hydrogen) atoms. The molecule has 2 amide bonds. The van der Waals surface area contributed by atoms with Gasteiger partial charge >= 0.3 is 225 Å². The summed E-state index contributed by atoms with van der Waals surface area (Å²) in [7, 11) is 1.69. The van der Waals surface area contributed by atoms with Crippen molar-refractivity contribution < 1.29 is 28.6 Å². The van der Waals surface area contributed by atoms with Crippen LogP contribution in [0.15, 0.2) is 42.2 Å². The Hall–Kier alpha value is -1.62. The molecule has 8 nitrogen and oxygen atoms in total. The van der Waals surface area contributed by atoms with Crippen molar-refractivity contribution in [2.75, 3.05) is 39.9 Å². The topological polar surface area (TPSA) is 85.4 Å². The zero-order chi connectivity index (χ0) is 26.1. The van der Waals surface area contributed by atoms with Crippen LogP contribution in [0.5, 0.6) is 0 Å². The second-order valence-electron chi connectivity index (χ2n) is 10.4. The van der Waals surface area contributed by atoms with E-state index in [0.717, 1.165) is 10.5 Å². The number of nitrogens with zero attached hydrogens (tertiary/aromatic N) is 2. The monoisotopic (exact) mass is 598 g/mol. The number of carbonyl (C=O) groups excluding carboxylic acids is 3. The number of Topliss-reactive ketones (excluding diaryl/α,β-unsaturated/α-hetero) is 1. The third kappa shape index (κ3) is 5.19. The molecule has 3 aliphatic rings. The Bertz CT molecular complexity index is 1040. The number of hydrogen-bond donors (Lipinski definition) is 0. The molecule has 2 saturated heterocycles. The first-order valence-corrected chi connectivity index (χ1v) is 18.5. The number of fused-ring (bicyclic) bond motifs is 3. The Balaban J connectivity index is 1.76. The molecule has 3 heterocycles. The molecule has 1 unspecified atom stereocenters. The van der Waals surface area contributed by atoms with E-state index in [1.807, 2.05) is 18.2 Å². The van der Waals surface area contributed by atoms with Crippen molar-refractivity contribution >= 4 is 56.9 Å². The third-order valence-corrected chi connectivity index (χ3v) is 12.6. The van der Waals surface area contributed by atoms with E-state index in [9.17, 15) is 14.4 Å². The second-order valence-corrected chi connectivity index (χ2v) is 20.1. The molecule has 0 aromatic heterocycles. The Morgan fingerprint density at radius 3 is 2.58 bits per heavy atom. The van der Waals surface area contributed by atoms with Crippen molar-refractivity contribution in [2.24, 2.45) is 0 Å². The quantitative estimate of drug-likeness (QED) is 0.244. The van der Waals surface area contributed by atoms with Crippen molar-refractivity contribution in [3.05, 3.63) is 42.2 Å². The van der Waals surface area contributed by atoms with E-state index in [1.165, 1.54) is 27.8 Å². The fraction of sp³-hybridized carbons (Fsp3) is 0.560. The molecule has 3 aliphatic heterocycles. The Kier molecular flexibility index (Phi) is 8.38. The van der Waals surface area contributed by atoms with Gasteiger partial charge in [-0.1, -0.05) is 0 Å². The average molecular weight is 598 g/mol. The molecule has 1 aromatic carbocycles. The normalized spacial score (nSPS) is 28.4. The van der Waals surface area contributed by atoms with Crippen molar-refractivity contribution in [1.82, 2.24) is 9.80 Å². The van der Waals surface area contributed by atoms with E-state index in [4.69, 9.17) is 14.2 Å². The van der Waals surface area contributed by atoms with E-state index in [-0.39, 0.29) is 50.7 Å². The van der Waals surface area contributed by atoms with Crippen LogP contribution >= 0.6 is 11.8 Å². The summed E-state index contributed by atoms with van der Waals surface area (Å²) in [6.45, 7) is 7.05. The van der Waals surface area contributed by atoms with Crippen LogP contribution in [0.4, 0.5) is 0 Å². The van der Waals surface area contributed by atoms with E-state index in [2.05, 4.69) is 31.8 Å². The number of methoxy groups -OCH3 is 1. The Morgan fingerprint density at radius 1 is 1.19 bits per heavy atom. The molecular weight excluding hydrogens is 563 g/mol. The Morgan fingerprint density at radius 2 is 1.92 bits per heavy atom. The molecule has 0 bridgehead atoms. The molecule has 0 spiro atoms.